The Labute approximate surface area is 204 Å². The number of rotatable bonds is 4. The maximum atomic E-state index is 12.8. The smallest absolute Gasteiger partial charge is 0.355 e. The number of hydrogen-bond acceptors (Lipinski definition) is 5. The van der Waals surface area contributed by atoms with Crippen molar-refractivity contribution in [3.05, 3.63) is 113 Å². The Kier molecular flexibility index (Phi) is 5.63. The second-order valence-electron chi connectivity index (χ2n) is 8.40. The van der Waals surface area contributed by atoms with Crippen molar-refractivity contribution in [3.8, 4) is 0 Å². The third-order valence-corrected chi connectivity index (χ3v) is 7.30. The van der Waals surface area contributed by atoms with E-state index < -0.39 is 5.97 Å². The lowest BCUT2D eigenvalue weighted by molar-refractivity contribution is 0.0691. The number of aryl methyl sites for hydroxylation is 2. The van der Waals surface area contributed by atoms with Gasteiger partial charge >= 0.3 is 11.7 Å². The molecular weight excluding hydrogens is 466 g/mol. The Morgan fingerprint density at radius 3 is 2.26 bits per heavy atom. The lowest BCUT2D eigenvalue weighted by Crippen LogP contribution is -2.26. The number of benzene rings is 2. The van der Waals surface area contributed by atoms with Crippen LogP contribution in [-0.4, -0.2) is 25.6 Å². The number of carboxylic acids is 1. The van der Waals surface area contributed by atoms with Crippen LogP contribution < -0.4 is 5.69 Å². The summed E-state index contributed by atoms with van der Waals surface area (Å²) in [5, 5.41) is 11.2. The number of H-pyrrole nitrogens is 1. The lowest BCUT2D eigenvalue weighted by Gasteiger charge is -2.22. The molecule has 6 nitrogen and oxygen atoms in total. The average Bonchev–Trinajstić information content (AvgIpc) is 3.22. The number of fused-ring (bicyclic) bond motifs is 2. The topological polar surface area (TPSA) is 88.0 Å². The minimum Gasteiger partial charge on any atom is -0.476 e. The second kappa shape index (κ2) is 8.62. The first kappa shape index (κ1) is 22.2. The second-order valence-corrected chi connectivity index (χ2v) is 9.73. The Morgan fingerprint density at radius 2 is 1.71 bits per heavy atom. The fourth-order valence-corrected chi connectivity index (χ4v) is 5.46. The van der Waals surface area contributed by atoms with Crippen LogP contribution >= 0.6 is 23.6 Å². The first-order chi connectivity index (χ1) is 16.3. The summed E-state index contributed by atoms with van der Waals surface area (Å²) in [4.78, 5) is 30.9. The number of aromatic nitrogens is 3. The molecule has 2 aromatic heterocycles. The molecule has 8 heteroatoms. The molecule has 0 radical (unpaired) electrons. The van der Waals surface area contributed by atoms with Crippen LogP contribution in [0, 0.1) is 18.5 Å². The first-order valence-electron chi connectivity index (χ1n) is 10.7. The molecule has 4 aromatic rings. The van der Waals surface area contributed by atoms with E-state index >= 15 is 0 Å². The molecule has 170 valence electrons. The van der Waals surface area contributed by atoms with Gasteiger partial charge in [0.2, 0.25) is 0 Å². The van der Waals surface area contributed by atoms with Gasteiger partial charge in [0.05, 0.1) is 6.54 Å². The van der Waals surface area contributed by atoms with Crippen molar-refractivity contribution in [1.82, 2.24) is 14.5 Å². The number of hydrogen-bond donors (Lipinski definition) is 2. The maximum absolute atomic E-state index is 12.8. The van der Waals surface area contributed by atoms with E-state index in [1.165, 1.54) is 21.3 Å². The third kappa shape index (κ3) is 3.95. The van der Waals surface area contributed by atoms with E-state index in [1.807, 2.05) is 0 Å². The van der Waals surface area contributed by atoms with Crippen molar-refractivity contribution in [3.63, 3.8) is 0 Å². The van der Waals surface area contributed by atoms with Gasteiger partial charge in [0.15, 0.2) is 5.69 Å². The van der Waals surface area contributed by atoms with Crippen LogP contribution in [0.5, 0.6) is 0 Å². The molecule has 0 saturated carbocycles. The maximum Gasteiger partial charge on any atom is 0.355 e. The zero-order valence-electron chi connectivity index (χ0n) is 18.5. The Bertz CT molecular complexity index is 1540. The number of carboxylic acid groups (broad SMARTS) is 1. The summed E-state index contributed by atoms with van der Waals surface area (Å²) in [6.45, 7) is 4.24. The number of nitrogens with zero attached hydrogens (tertiary/aromatic N) is 2. The number of aromatic amines is 1. The average molecular weight is 488 g/mol. The number of aromatic carboxylic acids is 1. The van der Waals surface area contributed by atoms with Gasteiger partial charge in [-0.25, -0.2) is 14.6 Å². The highest BCUT2D eigenvalue weighted by atomic mass is 32.1. The zero-order valence-corrected chi connectivity index (χ0v) is 20.2. The standard InChI is InChI=1S/C26H21N3O3S2/c1-14-3-7-18-16(9-14)5-6-17-10-15(2)4-8-19(17)23(18)20-11-27-26(32)29(24(20)33)12-22-28-21(13-34-22)25(30)31/h3-11,13,23H,12H2,1-2H3,(H,27,32)(H,30,31). The van der Waals surface area contributed by atoms with Crippen LogP contribution in [0.4, 0.5) is 0 Å². The van der Waals surface area contributed by atoms with Gasteiger partial charge in [-0.3, -0.25) is 4.57 Å². The molecule has 2 aromatic carbocycles. The van der Waals surface area contributed by atoms with Gasteiger partial charge in [-0.15, -0.1) is 11.3 Å². The highest BCUT2D eigenvalue weighted by molar-refractivity contribution is 7.71. The van der Waals surface area contributed by atoms with Crippen molar-refractivity contribution >= 4 is 41.7 Å². The van der Waals surface area contributed by atoms with E-state index in [0.29, 0.717) is 9.65 Å². The van der Waals surface area contributed by atoms with Gasteiger partial charge in [0.1, 0.15) is 9.65 Å². The zero-order chi connectivity index (χ0) is 24.0. The van der Waals surface area contributed by atoms with E-state index in [2.05, 4.69) is 72.4 Å². The van der Waals surface area contributed by atoms with Crippen molar-refractivity contribution < 1.29 is 9.90 Å². The molecule has 0 atom stereocenters. The van der Waals surface area contributed by atoms with Crippen molar-refractivity contribution in [2.45, 2.75) is 26.3 Å². The van der Waals surface area contributed by atoms with E-state index in [0.717, 1.165) is 38.9 Å². The molecule has 0 bridgehead atoms. The molecule has 0 saturated heterocycles. The third-order valence-electron chi connectivity index (χ3n) is 6.01. The molecule has 1 aliphatic rings. The van der Waals surface area contributed by atoms with Gasteiger partial charge in [0, 0.05) is 23.1 Å². The van der Waals surface area contributed by atoms with Crippen LogP contribution in [0.2, 0.25) is 0 Å². The molecule has 0 fully saturated rings. The fraction of sp³-hybridized carbons (Fsp3) is 0.154. The highest BCUT2D eigenvalue weighted by Crippen LogP contribution is 2.40. The normalized spacial score (nSPS) is 12.8. The number of thiazole rings is 1. The molecule has 0 unspecified atom stereocenters. The summed E-state index contributed by atoms with van der Waals surface area (Å²) >= 11 is 7.05. The van der Waals surface area contributed by atoms with E-state index in [4.69, 9.17) is 12.2 Å². The molecule has 0 aliphatic heterocycles. The van der Waals surface area contributed by atoms with Gasteiger partial charge < -0.3 is 10.1 Å². The summed E-state index contributed by atoms with van der Waals surface area (Å²) in [5.74, 6) is -1.28. The van der Waals surface area contributed by atoms with Crippen molar-refractivity contribution in [2.75, 3.05) is 0 Å². The molecule has 0 amide bonds. The van der Waals surface area contributed by atoms with Crippen molar-refractivity contribution in [2.24, 2.45) is 0 Å². The Hall–Kier alpha value is -3.62. The SMILES string of the molecule is Cc1ccc2c(c1)C=Cc1cc(C)ccc1C2c1c[nH]c(=O)n(Cc2nc(C(=O)O)cs2)c1=S. The van der Waals surface area contributed by atoms with Crippen LogP contribution in [0.1, 0.15) is 60.4 Å². The molecule has 34 heavy (non-hydrogen) atoms. The summed E-state index contributed by atoms with van der Waals surface area (Å²) < 4.78 is 1.86. The van der Waals surface area contributed by atoms with Crippen LogP contribution in [0.15, 0.2) is 52.8 Å². The molecule has 0 spiro atoms. The summed E-state index contributed by atoms with van der Waals surface area (Å²) in [7, 11) is 0. The first-order valence-corrected chi connectivity index (χ1v) is 12.0. The van der Waals surface area contributed by atoms with Gasteiger partial charge in [0.25, 0.3) is 0 Å². The highest BCUT2D eigenvalue weighted by Gasteiger charge is 2.26. The summed E-state index contributed by atoms with van der Waals surface area (Å²) in [6, 6.07) is 12.7. The van der Waals surface area contributed by atoms with Crippen molar-refractivity contribution in [1.29, 1.82) is 0 Å². The van der Waals surface area contributed by atoms with Gasteiger partial charge in [-0.2, -0.15) is 0 Å². The van der Waals surface area contributed by atoms with E-state index in [-0.39, 0.29) is 23.8 Å². The minimum atomic E-state index is -1.10. The Morgan fingerprint density at radius 1 is 1.09 bits per heavy atom. The van der Waals surface area contributed by atoms with Crippen LogP contribution in [0.25, 0.3) is 12.2 Å². The van der Waals surface area contributed by atoms with Gasteiger partial charge in [-0.05, 0) is 36.1 Å². The monoisotopic (exact) mass is 487 g/mol. The number of carbonyl (C=O) groups is 1. The predicted octanol–water partition coefficient (Wildman–Crippen LogP) is 5.39. The molecule has 1 aliphatic carbocycles. The molecule has 2 N–H and O–H groups in total. The van der Waals surface area contributed by atoms with E-state index in [9.17, 15) is 14.7 Å². The van der Waals surface area contributed by atoms with Gasteiger partial charge in [-0.1, -0.05) is 71.9 Å². The van der Waals surface area contributed by atoms with Crippen LogP contribution in [0.3, 0.4) is 0 Å². The molecule has 5 rings (SSSR count). The number of nitrogens with one attached hydrogen (secondary N) is 1. The fourth-order valence-electron chi connectivity index (χ4n) is 4.38. The molecular formula is C26H21N3O3S2. The predicted molar refractivity (Wildman–Crippen MR) is 136 cm³/mol. The quantitative estimate of drug-likeness (QED) is 0.332. The summed E-state index contributed by atoms with van der Waals surface area (Å²) in [5.41, 5.74) is 7.17. The summed E-state index contributed by atoms with van der Waals surface area (Å²) in [6.07, 6.45) is 5.97. The minimum absolute atomic E-state index is 0.0393. The van der Waals surface area contributed by atoms with E-state index in [1.54, 1.807) is 6.20 Å². The van der Waals surface area contributed by atoms with Crippen LogP contribution in [-0.2, 0) is 6.54 Å². The lowest BCUT2D eigenvalue weighted by atomic mass is 9.83. The largest absolute Gasteiger partial charge is 0.476 e. The molecule has 2 heterocycles. The Balaban J connectivity index is 1.70.